The third-order valence-corrected chi connectivity index (χ3v) is 7.49. The quantitative estimate of drug-likeness (QED) is 0.605. The fourth-order valence-electron chi connectivity index (χ4n) is 5.27. The predicted molar refractivity (Wildman–Crippen MR) is 125 cm³/mol. The van der Waals surface area contributed by atoms with Crippen LogP contribution in [0.15, 0.2) is 35.3 Å². The van der Waals surface area contributed by atoms with Crippen LogP contribution >= 0.6 is 0 Å². The molecule has 4 aliphatic rings. The Morgan fingerprint density at radius 1 is 1.11 bits per heavy atom. The van der Waals surface area contributed by atoms with Crippen molar-refractivity contribution in [2.75, 3.05) is 46.8 Å². The number of imide groups is 2. The van der Waals surface area contributed by atoms with E-state index in [4.69, 9.17) is 4.74 Å². The van der Waals surface area contributed by atoms with E-state index in [2.05, 4.69) is 22.0 Å². The number of carbonyl (C=O) groups excluding carboxylic acids is 4. The molecule has 3 fully saturated rings. The molecule has 0 aliphatic carbocycles. The molecule has 11 nitrogen and oxygen atoms in total. The molecule has 0 N–H and O–H groups in total. The molecule has 2 unspecified atom stereocenters. The number of aliphatic imine (C=N–C) groups is 1. The minimum atomic E-state index is -0.785. The summed E-state index contributed by atoms with van der Waals surface area (Å²) < 4.78 is 5.73. The van der Waals surface area contributed by atoms with Crippen LogP contribution in [-0.2, 0) is 20.7 Å². The van der Waals surface area contributed by atoms with Gasteiger partial charge in [-0.3, -0.25) is 14.5 Å². The molecular weight excluding hydrogens is 452 g/mol. The minimum absolute atomic E-state index is 0.194. The topological polar surface area (TPSA) is 106 Å². The lowest BCUT2D eigenvalue weighted by Crippen LogP contribution is -2.64. The molecule has 35 heavy (non-hydrogen) atoms. The van der Waals surface area contributed by atoms with Gasteiger partial charge in [-0.05, 0) is 12.0 Å². The number of fused-ring (bicyclic) bond motifs is 1. The van der Waals surface area contributed by atoms with Gasteiger partial charge in [0.2, 0.25) is 0 Å². The number of benzene rings is 1. The maximum absolute atomic E-state index is 13.1. The number of likely N-dealkylation sites (N-methyl/N-ethyl adjacent to an activating group) is 2. The van der Waals surface area contributed by atoms with Crippen molar-refractivity contribution in [3.05, 3.63) is 35.9 Å². The van der Waals surface area contributed by atoms with Gasteiger partial charge in [0.05, 0.1) is 19.4 Å². The highest BCUT2D eigenvalue weighted by molar-refractivity contribution is 6.02. The van der Waals surface area contributed by atoms with Gasteiger partial charge in [0, 0.05) is 46.6 Å². The van der Waals surface area contributed by atoms with Crippen molar-refractivity contribution in [2.24, 2.45) is 4.99 Å². The molecule has 1 aromatic carbocycles. The summed E-state index contributed by atoms with van der Waals surface area (Å²) in [5.41, 5.74) is 0.633. The monoisotopic (exact) mass is 482 g/mol. The Balaban J connectivity index is 1.16. The normalized spacial score (nSPS) is 26.1. The number of urea groups is 1. The maximum atomic E-state index is 13.1. The lowest BCUT2D eigenvalue weighted by atomic mass is 9.91. The fourth-order valence-corrected chi connectivity index (χ4v) is 5.27. The van der Waals surface area contributed by atoms with Crippen molar-refractivity contribution < 1.29 is 23.9 Å². The van der Waals surface area contributed by atoms with Crippen molar-refractivity contribution in [1.82, 2.24) is 24.5 Å². The van der Waals surface area contributed by atoms with Crippen molar-refractivity contribution in [2.45, 2.75) is 37.1 Å². The van der Waals surface area contributed by atoms with Crippen LogP contribution in [0.1, 0.15) is 18.4 Å². The van der Waals surface area contributed by atoms with E-state index < -0.39 is 41.7 Å². The van der Waals surface area contributed by atoms with E-state index in [9.17, 15) is 19.2 Å². The molecule has 5 rings (SSSR count). The van der Waals surface area contributed by atoms with Gasteiger partial charge in [0.1, 0.15) is 5.60 Å². The number of amides is 5. The second-order valence-corrected chi connectivity index (χ2v) is 9.69. The van der Waals surface area contributed by atoms with Crippen LogP contribution in [0.2, 0.25) is 0 Å². The molecular formula is C24H30N6O5. The number of ether oxygens (including phenoxy) is 1. The average Bonchev–Trinajstić information content (AvgIpc) is 3.42. The molecule has 5 amide bonds. The molecule has 11 heteroatoms. The predicted octanol–water partition coefficient (Wildman–Crippen LogP) is 0.605. The summed E-state index contributed by atoms with van der Waals surface area (Å²) in [5.74, 6) is -0.868. The van der Waals surface area contributed by atoms with Crippen LogP contribution < -0.4 is 0 Å². The molecule has 0 saturated carbocycles. The standard InChI is InChI=1S/C24H30N6O5/c1-26-20-19(21(32)27(2)22(26)33)29(16-25-20)14-18(31)30-15-24(35-23(30)34)9-12-28(13-10-24)11-8-17-6-4-3-5-7-17/h3-7,16,19-20H,8-15H2,1-2H3. The second kappa shape index (κ2) is 8.95. The number of likely N-dealkylation sites (tertiary alicyclic amines) is 1. The molecule has 1 aromatic rings. The molecule has 0 radical (unpaired) electrons. The van der Waals surface area contributed by atoms with Crippen molar-refractivity contribution in [1.29, 1.82) is 0 Å². The van der Waals surface area contributed by atoms with Gasteiger partial charge >= 0.3 is 12.1 Å². The lowest BCUT2D eigenvalue weighted by molar-refractivity contribution is -0.137. The van der Waals surface area contributed by atoms with Crippen LogP contribution in [0.4, 0.5) is 9.59 Å². The first-order valence-corrected chi connectivity index (χ1v) is 11.9. The summed E-state index contributed by atoms with van der Waals surface area (Å²) >= 11 is 0. The zero-order chi connectivity index (χ0) is 24.7. The largest absolute Gasteiger partial charge is 0.440 e. The molecule has 1 spiro atoms. The Kier molecular flexibility index (Phi) is 5.96. The molecule has 2 atom stereocenters. The summed E-state index contributed by atoms with van der Waals surface area (Å²) in [6, 6.07) is 9.10. The Bertz CT molecular complexity index is 1050. The number of rotatable bonds is 5. The van der Waals surface area contributed by atoms with Gasteiger partial charge in [0.15, 0.2) is 12.2 Å². The molecule has 4 aliphatic heterocycles. The van der Waals surface area contributed by atoms with Gasteiger partial charge < -0.3 is 19.4 Å². The number of piperidine rings is 1. The van der Waals surface area contributed by atoms with Crippen molar-refractivity contribution >= 4 is 30.3 Å². The highest BCUT2D eigenvalue weighted by Crippen LogP contribution is 2.34. The van der Waals surface area contributed by atoms with Crippen LogP contribution in [0.3, 0.4) is 0 Å². The zero-order valence-electron chi connectivity index (χ0n) is 20.0. The average molecular weight is 483 g/mol. The van der Waals surface area contributed by atoms with E-state index in [0.717, 1.165) is 35.9 Å². The summed E-state index contributed by atoms with van der Waals surface area (Å²) in [5, 5.41) is 0. The van der Waals surface area contributed by atoms with Gasteiger partial charge in [-0.25, -0.2) is 19.5 Å². The van der Waals surface area contributed by atoms with Gasteiger partial charge in [0.25, 0.3) is 11.8 Å². The molecule has 3 saturated heterocycles. The van der Waals surface area contributed by atoms with Crippen LogP contribution in [0, 0.1) is 0 Å². The first-order chi connectivity index (χ1) is 16.8. The van der Waals surface area contributed by atoms with E-state index in [1.807, 2.05) is 18.2 Å². The van der Waals surface area contributed by atoms with Crippen LogP contribution in [0.25, 0.3) is 0 Å². The van der Waals surface area contributed by atoms with Gasteiger partial charge in [-0.1, -0.05) is 30.3 Å². The second-order valence-electron chi connectivity index (χ2n) is 9.69. The smallest absolute Gasteiger partial charge is 0.417 e. The molecule has 0 bridgehead atoms. The lowest BCUT2D eigenvalue weighted by Gasteiger charge is -2.39. The molecule has 4 heterocycles. The number of hydrogen-bond acceptors (Lipinski definition) is 8. The summed E-state index contributed by atoms with van der Waals surface area (Å²) in [6.45, 7) is 2.55. The van der Waals surface area contributed by atoms with Gasteiger partial charge in [-0.2, -0.15) is 0 Å². The van der Waals surface area contributed by atoms with Gasteiger partial charge in [-0.15, -0.1) is 0 Å². The highest BCUT2D eigenvalue weighted by atomic mass is 16.6. The van der Waals surface area contributed by atoms with Crippen LogP contribution in [0.5, 0.6) is 0 Å². The number of carbonyl (C=O) groups is 4. The van der Waals surface area contributed by atoms with Crippen molar-refractivity contribution in [3.8, 4) is 0 Å². The SMILES string of the molecule is CN1C(=O)C2C(N=CN2CC(=O)N2CC3(CCN(CCc4ccccc4)CC3)OC2=O)N(C)C1=O. The number of hydrogen-bond donors (Lipinski definition) is 0. The Morgan fingerprint density at radius 3 is 2.54 bits per heavy atom. The zero-order valence-corrected chi connectivity index (χ0v) is 20.0. The Labute approximate surface area is 203 Å². The third kappa shape index (κ3) is 4.24. The Morgan fingerprint density at radius 2 is 1.83 bits per heavy atom. The Hall–Kier alpha value is -3.47. The van der Waals surface area contributed by atoms with Crippen LogP contribution in [-0.4, -0.2) is 119 Å². The van der Waals surface area contributed by atoms with E-state index in [-0.39, 0.29) is 13.1 Å². The first kappa shape index (κ1) is 23.3. The van der Waals surface area contributed by atoms with E-state index in [0.29, 0.717) is 12.8 Å². The summed E-state index contributed by atoms with van der Waals surface area (Å²) in [7, 11) is 2.98. The number of nitrogens with zero attached hydrogens (tertiary/aromatic N) is 6. The third-order valence-electron chi connectivity index (χ3n) is 7.49. The van der Waals surface area contributed by atoms with E-state index >= 15 is 0 Å². The fraction of sp³-hybridized carbons (Fsp3) is 0.542. The highest BCUT2D eigenvalue weighted by Gasteiger charge is 2.52. The molecule has 0 aromatic heterocycles. The van der Waals surface area contributed by atoms with Crippen molar-refractivity contribution in [3.63, 3.8) is 0 Å². The summed E-state index contributed by atoms with van der Waals surface area (Å²) in [4.78, 5) is 62.2. The molecule has 186 valence electrons. The maximum Gasteiger partial charge on any atom is 0.417 e. The van der Waals surface area contributed by atoms with E-state index in [1.165, 1.54) is 28.7 Å². The van der Waals surface area contributed by atoms with E-state index in [1.54, 1.807) is 7.05 Å². The first-order valence-electron chi connectivity index (χ1n) is 11.9. The minimum Gasteiger partial charge on any atom is -0.440 e. The summed E-state index contributed by atoms with van der Waals surface area (Å²) in [6.07, 6.45) is 2.39.